The first kappa shape index (κ1) is 12.1. The maximum Gasteiger partial charge on any atom is 0.309 e. The third-order valence-electron chi connectivity index (χ3n) is 3.05. The lowest BCUT2D eigenvalue weighted by Gasteiger charge is -2.36. The fourth-order valence-corrected chi connectivity index (χ4v) is 1.94. The molecule has 1 fully saturated rings. The van der Waals surface area contributed by atoms with Crippen LogP contribution in [0.2, 0.25) is 0 Å². The number of carboxylic acid groups (broad SMARTS) is 1. The van der Waals surface area contributed by atoms with Gasteiger partial charge in [-0.05, 0) is 18.4 Å². The van der Waals surface area contributed by atoms with Crippen molar-refractivity contribution in [3.63, 3.8) is 0 Å². The first-order chi connectivity index (χ1) is 8.25. The summed E-state index contributed by atoms with van der Waals surface area (Å²) < 4.78 is 0. The van der Waals surface area contributed by atoms with Crippen LogP contribution in [0.25, 0.3) is 0 Å². The van der Waals surface area contributed by atoms with E-state index in [1.165, 1.54) is 5.56 Å². The average Bonchev–Trinajstić information content (AvgIpc) is 2.27. The molecule has 0 radical (unpaired) electrons. The van der Waals surface area contributed by atoms with Gasteiger partial charge in [0.1, 0.15) is 0 Å². The van der Waals surface area contributed by atoms with E-state index in [1.807, 2.05) is 11.1 Å². The summed E-state index contributed by atoms with van der Waals surface area (Å²) in [6.45, 7) is 2.16. The lowest BCUT2D eigenvalue weighted by atomic mass is 10.0. The van der Waals surface area contributed by atoms with Gasteiger partial charge in [-0.2, -0.15) is 0 Å². The van der Waals surface area contributed by atoms with E-state index in [1.54, 1.807) is 0 Å². The molecular weight excluding hydrogens is 216 g/mol. The summed E-state index contributed by atoms with van der Waals surface area (Å²) in [6.07, 6.45) is 2.13. The van der Waals surface area contributed by atoms with E-state index in [2.05, 4.69) is 29.7 Å². The number of aryl methyl sites for hydroxylation is 1. The number of carbonyl (C=O) groups is 1. The summed E-state index contributed by atoms with van der Waals surface area (Å²) in [5.74, 6) is -0.871. The molecule has 1 aliphatic rings. The normalized spacial score (nSPS) is 16.7. The maximum absolute atomic E-state index is 10.6. The number of aliphatic carboxylic acids is 1. The molecule has 4 heteroatoms. The van der Waals surface area contributed by atoms with Crippen LogP contribution in [0.3, 0.4) is 0 Å². The second-order valence-electron chi connectivity index (χ2n) is 4.44. The number of nitrogens with one attached hydrogen (secondary N) is 1. The van der Waals surface area contributed by atoms with Crippen LogP contribution in [0.15, 0.2) is 30.3 Å². The first-order valence-corrected chi connectivity index (χ1v) is 6.01. The van der Waals surface area contributed by atoms with E-state index in [4.69, 9.17) is 5.11 Å². The summed E-state index contributed by atoms with van der Waals surface area (Å²) >= 11 is 0. The van der Waals surface area contributed by atoms with Crippen molar-refractivity contribution in [2.24, 2.45) is 5.92 Å². The summed E-state index contributed by atoms with van der Waals surface area (Å²) in [7, 11) is 0. The minimum atomic E-state index is -0.688. The average molecular weight is 234 g/mol. The third kappa shape index (κ3) is 3.54. The molecule has 2 rings (SSSR count). The Kier molecular flexibility index (Phi) is 4.12. The van der Waals surface area contributed by atoms with Crippen molar-refractivity contribution in [1.29, 1.82) is 0 Å². The molecular formula is C13H18N2O2. The minimum absolute atomic E-state index is 0.184. The Balaban J connectivity index is 1.55. The van der Waals surface area contributed by atoms with Gasteiger partial charge in [0, 0.05) is 19.6 Å². The van der Waals surface area contributed by atoms with Gasteiger partial charge in [-0.1, -0.05) is 30.3 Å². The summed E-state index contributed by atoms with van der Waals surface area (Å²) in [4.78, 5) is 10.6. The number of hydrogen-bond donors (Lipinski definition) is 2. The van der Waals surface area contributed by atoms with Crippen LogP contribution < -0.4 is 5.43 Å². The quantitative estimate of drug-likeness (QED) is 0.725. The molecule has 1 aliphatic heterocycles. The van der Waals surface area contributed by atoms with Crippen LogP contribution in [0.4, 0.5) is 0 Å². The number of hydrogen-bond acceptors (Lipinski definition) is 3. The van der Waals surface area contributed by atoms with Gasteiger partial charge in [-0.3, -0.25) is 10.2 Å². The van der Waals surface area contributed by atoms with Gasteiger partial charge in [-0.15, -0.1) is 0 Å². The van der Waals surface area contributed by atoms with E-state index in [0.717, 1.165) is 19.4 Å². The molecule has 0 spiro atoms. The molecule has 0 saturated carbocycles. The zero-order valence-corrected chi connectivity index (χ0v) is 9.80. The molecule has 92 valence electrons. The SMILES string of the molecule is O=C(O)C1CN(NCCCc2ccccc2)C1. The van der Waals surface area contributed by atoms with Gasteiger partial charge in [0.25, 0.3) is 0 Å². The fraction of sp³-hybridized carbons (Fsp3) is 0.462. The van der Waals surface area contributed by atoms with Crippen molar-refractivity contribution in [2.45, 2.75) is 12.8 Å². The number of hydrazine groups is 1. The molecule has 0 atom stereocenters. The lowest BCUT2D eigenvalue weighted by molar-refractivity contribution is -0.149. The molecule has 0 bridgehead atoms. The molecule has 1 aromatic carbocycles. The molecule has 2 N–H and O–H groups in total. The minimum Gasteiger partial charge on any atom is -0.481 e. The Morgan fingerprint density at radius 3 is 2.71 bits per heavy atom. The summed E-state index contributed by atoms with van der Waals surface area (Å²) in [5, 5.41) is 10.7. The van der Waals surface area contributed by atoms with Crippen molar-refractivity contribution in [3.8, 4) is 0 Å². The molecule has 17 heavy (non-hydrogen) atoms. The van der Waals surface area contributed by atoms with Crippen LogP contribution in [0.1, 0.15) is 12.0 Å². The standard InChI is InChI=1S/C13H18N2O2/c16-13(17)12-9-15(10-12)14-8-4-7-11-5-2-1-3-6-11/h1-3,5-6,12,14H,4,7-10H2,(H,16,17). The van der Waals surface area contributed by atoms with Crippen LogP contribution >= 0.6 is 0 Å². The Bertz CT molecular complexity index is 361. The highest BCUT2D eigenvalue weighted by atomic mass is 16.4. The van der Waals surface area contributed by atoms with Crippen LogP contribution in [0.5, 0.6) is 0 Å². The lowest BCUT2D eigenvalue weighted by Crippen LogP contribution is -2.56. The topological polar surface area (TPSA) is 52.6 Å². The summed E-state index contributed by atoms with van der Waals surface area (Å²) in [6, 6.07) is 10.4. The molecule has 1 saturated heterocycles. The second-order valence-corrected chi connectivity index (χ2v) is 4.44. The number of carboxylic acids is 1. The Hall–Kier alpha value is -1.39. The number of rotatable bonds is 6. The smallest absolute Gasteiger partial charge is 0.309 e. The van der Waals surface area contributed by atoms with Gasteiger partial charge < -0.3 is 5.11 Å². The highest BCUT2D eigenvalue weighted by Crippen LogP contribution is 2.12. The Morgan fingerprint density at radius 1 is 1.35 bits per heavy atom. The molecule has 4 nitrogen and oxygen atoms in total. The predicted octanol–water partition coefficient (Wildman–Crippen LogP) is 1.14. The van der Waals surface area contributed by atoms with E-state index in [-0.39, 0.29) is 5.92 Å². The van der Waals surface area contributed by atoms with Gasteiger partial charge >= 0.3 is 5.97 Å². The van der Waals surface area contributed by atoms with E-state index in [9.17, 15) is 4.79 Å². The van der Waals surface area contributed by atoms with E-state index in [0.29, 0.717) is 13.1 Å². The van der Waals surface area contributed by atoms with Gasteiger partial charge in [0.05, 0.1) is 5.92 Å². The van der Waals surface area contributed by atoms with Crippen LogP contribution in [0, 0.1) is 5.92 Å². The maximum atomic E-state index is 10.6. The van der Waals surface area contributed by atoms with Gasteiger partial charge in [-0.25, -0.2) is 5.01 Å². The molecule has 1 aromatic rings. The fourth-order valence-electron chi connectivity index (χ4n) is 1.94. The van der Waals surface area contributed by atoms with Crippen molar-refractivity contribution in [2.75, 3.05) is 19.6 Å². The van der Waals surface area contributed by atoms with E-state index >= 15 is 0 Å². The summed E-state index contributed by atoms with van der Waals surface area (Å²) in [5.41, 5.74) is 4.59. The zero-order chi connectivity index (χ0) is 12.1. The third-order valence-corrected chi connectivity index (χ3v) is 3.05. The second kappa shape index (κ2) is 5.80. The van der Waals surface area contributed by atoms with Crippen LogP contribution in [-0.4, -0.2) is 35.7 Å². The predicted molar refractivity (Wildman–Crippen MR) is 65.5 cm³/mol. The number of benzene rings is 1. The van der Waals surface area contributed by atoms with Crippen molar-refractivity contribution in [1.82, 2.24) is 10.4 Å². The van der Waals surface area contributed by atoms with Crippen molar-refractivity contribution in [3.05, 3.63) is 35.9 Å². The van der Waals surface area contributed by atoms with Crippen molar-refractivity contribution < 1.29 is 9.90 Å². The van der Waals surface area contributed by atoms with Gasteiger partial charge in [0.2, 0.25) is 0 Å². The van der Waals surface area contributed by atoms with Crippen LogP contribution in [-0.2, 0) is 11.2 Å². The zero-order valence-electron chi connectivity index (χ0n) is 9.80. The van der Waals surface area contributed by atoms with E-state index < -0.39 is 5.97 Å². The number of nitrogens with zero attached hydrogens (tertiary/aromatic N) is 1. The monoisotopic (exact) mass is 234 g/mol. The van der Waals surface area contributed by atoms with Crippen molar-refractivity contribution >= 4 is 5.97 Å². The largest absolute Gasteiger partial charge is 0.481 e. The Labute approximate surface area is 101 Å². The Morgan fingerprint density at radius 2 is 2.06 bits per heavy atom. The first-order valence-electron chi connectivity index (χ1n) is 6.01. The van der Waals surface area contributed by atoms with Gasteiger partial charge in [0.15, 0.2) is 0 Å². The highest BCUT2D eigenvalue weighted by molar-refractivity contribution is 5.71. The molecule has 0 aromatic heterocycles. The molecule has 0 aliphatic carbocycles. The molecule has 0 amide bonds. The highest BCUT2D eigenvalue weighted by Gasteiger charge is 2.31. The molecule has 0 unspecified atom stereocenters. The molecule has 1 heterocycles.